The summed E-state index contributed by atoms with van der Waals surface area (Å²) >= 11 is 0. The van der Waals surface area contributed by atoms with Crippen molar-refractivity contribution in [1.29, 1.82) is 0 Å². The lowest BCUT2D eigenvalue weighted by molar-refractivity contribution is 0.388. The van der Waals surface area contributed by atoms with Crippen LogP contribution in [0.25, 0.3) is 22.4 Å². The molecule has 1 aromatic heterocycles. The van der Waals surface area contributed by atoms with Gasteiger partial charge in [-0.25, -0.2) is 4.98 Å². The summed E-state index contributed by atoms with van der Waals surface area (Å²) < 4.78 is 2.35. The van der Waals surface area contributed by atoms with E-state index in [-0.39, 0.29) is 0 Å². The van der Waals surface area contributed by atoms with Gasteiger partial charge in [0.2, 0.25) is 0 Å². The predicted octanol–water partition coefficient (Wildman–Crippen LogP) is 3.96. The highest BCUT2D eigenvalue weighted by Gasteiger charge is 2.12. The lowest BCUT2D eigenvalue weighted by Crippen LogP contribution is -2.15. The van der Waals surface area contributed by atoms with E-state index in [1.54, 1.807) is 0 Å². The highest BCUT2D eigenvalue weighted by Crippen LogP contribution is 2.25. The van der Waals surface area contributed by atoms with Crippen LogP contribution in [0.1, 0.15) is 12.0 Å². The molecule has 0 amide bonds. The van der Waals surface area contributed by atoms with Crippen molar-refractivity contribution in [2.75, 3.05) is 20.6 Å². The van der Waals surface area contributed by atoms with E-state index in [0.29, 0.717) is 0 Å². The number of benzene rings is 2. The van der Waals surface area contributed by atoms with Gasteiger partial charge in [-0.3, -0.25) is 0 Å². The van der Waals surface area contributed by atoms with Gasteiger partial charge in [0.25, 0.3) is 0 Å². The number of imidazole rings is 1. The first-order chi connectivity index (χ1) is 10.6. The Kier molecular flexibility index (Phi) is 4.25. The lowest BCUT2D eigenvalue weighted by Gasteiger charge is -2.12. The Labute approximate surface area is 132 Å². The summed E-state index contributed by atoms with van der Waals surface area (Å²) in [5.74, 6) is 1.07. The summed E-state index contributed by atoms with van der Waals surface area (Å²) in [5.41, 5.74) is 4.76. The average molecular weight is 293 g/mol. The number of aryl methyl sites for hydroxylation is 2. The second-order valence-corrected chi connectivity index (χ2v) is 6.10. The number of rotatable bonds is 5. The summed E-state index contributed by atoms with van der Waals surface area (Å²) in [6, 6.07) is 17.0. The first-order valence-corrected chi connectivity index (χ1v) is 7.82. The third kappa shape index (κ3) is 3.04. The Hall–Kier alpha value is -2.13. The molecule has 22 heavy (non-hydrogen) atoms. The number of hydrogen-bond donors (Lipinski definition) is 0. The van der Waals surface area contributed by atoms with E-state index in [1.165, 1.54) is 16.6 Å². The maximum Gasteiger partial charge on any atom is 0.141 e. The highest BCUT2D eigenvalue weighted by molar-refractivity contribution is 5.80. The Balaban J connectivity index is 2.02. The molecule has 1 heterocycles. The summed E-state index contributed by atoms with van der Waals surface area (Å²) in [6.45, 7) is 4.19. The zero-order chi connectivity index (χ0) is 15.5. The second-order valence-electron chi connectivity index (χ2n) is 6.10. The molecule has 2 aromatic carbocycles. The smallest absolute Gasteiger partial charge is 0.141 e. The van der Waals surface area contributed by atoms with Gasteiger partial charge in [0.05, 0.1) is 11.0 Å². The Morgan fingerprint density at radius 3 is 2.45 bits per heavy atom. The number of nitrogens with zero attached hydrogens (tertiary/aromatic N) is 3. The number of hydrogen-bond acceptors (Lipinski definition) is 2. The van der Waals surface area contributed by atoms with Crippen LogP contribution in [0.5, 0.6) is 0 Å². The van der Waals surface area contributed by atoms with Gasteiger partial charge in [0.1, 0.15) is 5.82 Å². The molecule has 0 aliphatic heterocycles. The van der Waals surface area contributed by atoms with Crippen molar-refractivity contribution in [3.05, 3.63) is 54.1 Å². The van der Waals surface area contributed by atoms with Crippen molar-refractivity contribution in [3.63, 3.8) is 0 Å². The van der Waals surface area contributed by atoms with Crippen molar-refractivity contribution in [2.45, 2.75) is 19.9 Å². The first kappa shape index (κ1) is 14.8. The highest BCUT2D eigenvalue weighted by atomic mass is 15.1. The standard InChI is InChI=1S/C19H23N3/c1-15-9-11-16(12-10-15)19-20-17-7-4-5-8-18(17)22(19)14-6-13-21(2)3/h4-5,7-12H,6,13-14H2,1-3H3. The van der Waals surface area contributed by atoms with Gasteiger partial charge in [0, 0.05) is 12.1 Å². The van der Waals surface area contributed by atoms with Gasteiger partial charge in [-0.1, -0.05) is 42.0 Å². The fraction of sp³-hybridized carbons (Fsp3) is 0.316. The van der Waals surface area contributed by atoms with Crippen LogP contribution in [0.15, 0.2) is 48.5 Å². The van der Waals surface area contributed by atoms with Crippen LogP contribution < -0.4 is 0 Å². The summed E-state index contributed by atoms with van der Waals surface area (Å²) in [6.07, 6.45) is 1.12. The normalized spacial score (nSPS) is 11.5. The average Bonchev–Trinajstić information content (AvgIpc) is 2.87. The van der Waals surface area contributed by atoms with Crippen molar-refractivity contribution < 1.29 is 0 Å². The largest absolute Gasteiger partial charge is 0.324 e. The summed E-state index contributed by atoms with van der Waals surface area (Å²) in [4.78, 5) is 7.09. The van der Waals surface area contributed by atoms with Crippen LogP contribution in [-0.2, 0) is 6.54 Å². The van der Waals surface area contributed by atoms with E-state index in [4.69, 9.17) is 4.98 Å². The third-order valence-corrected chi connectivity index (χ3v) is 3.95. The molecule has 3 aromatic rings. The first-order valence-electron chi connectivity index (χ1n) is 7.82. The van der Waals surface area contributed by atoms with Gasteiger partial charge < -0.3 is 9.47 Å². The van der Waals surface area contributed by atoms with Crippen LogP contribution in [0, 0.1) is 6.92 Å². The van der Waals surface area contributed by atoms with Crippen LogP contribution in [0.3, 0.4) is 0 Å². The molecule has 3 rings (SSSR count). The molecule has 0 radical (unpaired) electrons. The zero-order valence-electron chi connectivity index (χ0n) is 13.6. The lowest BCUT2D eigenvalue weighted by atomic mass is 10.1. The predicted molar refractivity (Wildman–Crippen MR) is 93.1 cm³/mol. The zero-order valence-corrected chi connectivity index (χ0v) is 13.6. The summed E-state index contributed by atoms with van der Waals surface area (Å²) in [7, 11) is 4.24. The van der Waals surface area contributed by atoms with Crippen LogP contribution in [0.2, 0.25) is 0 Å². The summed E-state index contributed by atoms with van der Waals surface area (Å²) in [5, 5.41) is 0. The van der Waals surface area contributed by atoms with Crippen LogP contribution in [0.4, 0.5) is 0 Å². The number of fused-ring (bicyclic) bond motifs is 1. The quantitative estimate of drug-likeness (QED) is 0.710. The molecule has 114 valence electrons. The second kappa shape index (κ2) is 6.32. The van der Waals surface area contributed by atoms with Crippen molar-refractivity contribution in [1.82, 2.24) is 14.5 Å². The van der Waals surface area contributed by atoms with Gasteiger partial charge in [-0.05, 0) is 46.1 Å². The molecule has 0 atom stereocenters. The minimum absolute atomic E-state index is 0.988. The van der Waals surface area contributed by atoms with E-state index in [2.05, 4.69) is 79.0 Å². The Morgan fingerprint density at radius 1 is 1.00 bits per heavy atom. The molecule has 0 bridgehead atoms. The van der Waals surface area contributed by atoms with E-state index >= 15 is 0 Å². The number of para-hydroxylation sites is 2. The van der Waals surface area contributed by atoms with Gasteiger partial charge in [-0.15, -0.1) is 0 Å². The van der Waals surface area contributed by atoms with E-state index < -0.39 is 0 Å². The monoisotopic (exact) mass is 293 g/mol. The Bertz CT molecular complexity index is 754. The molecule has 3 heteroatoms. The molecule has 0 aliphatic rings. The molecule has 0 N–H and O–H groups in total. The molecule has 0 saturated carbocycles. The van der Waals surface area contributed by atoms with Crippen LogP contribution in [-0.4, -0.2) is 35.1 Å². The van der Waals surface area contributed by atoms with E-state index in [9.17, 15) is 0 Å². The van der Waals surface area contributed by atoms with Gasteiger partial charge >= 0.3 is 0 Å². The topological polar surface area (TPSA) is 21.1 Å². The van der Waals surface area contributed by atoms with Crippen molar-refractivity contribution >= 4 is 11.0 Å². The van der Waals surface area contributed by atoms with E-state index in [0.717, 1.165) is 30.9 Å². The number of aromatic nitrogens is 2. The maximum atomic E-state index is 4.86. The Morgan fingerprint density at radius 2 is 1.73 bits per heavy atom. The molecule has 0 aliphatic carbocycles. The molecule has 3 nitrogen and oxygen atoms in total. The fourth-order valence-electron chi connectivity index (χ4n) is 2.77. The van der Waals surface area contributed by atoms with Gasteiger partial charge in [-0.2, -0.15) is 0 Å². The molecule has 0 unspecified atom stereocenters. The van der Waals surface area contributed by atoms with E-state index in [1.807, 2.05) is 0 Å². The minimum Gasteiger partial charge on any atom is -0.324 e. The fourth-order valence-corrected chi connectivity index (χ4v) is 2.77. The van der Waals surface area contributed by atoms with Gasteiger partial charge in [0.15, 0.2) is 0 Å². The van der Waals surface area contributed by atoms with Crippen molar-refractivity contribution in [3.8, 4) is 11.4 Å². The molecule has 0 fully saturated rings. The maximum absolute atomic E-state index is 4.86. The SMILES string of the molecule is Cc1ccc(-c2nc3ccccc3n2CCCN(C)C)cc1. The molecular weight excluding hydrogens is 270 g/mol. The minimum atomic E-state index is 0.988. The molecule has 0 saturated heterocycles. The van der Waals surface area contributed by atoms with Crippen LogP contribution >= 0.6 is 0 Å². The molecular formula is C19H23N3. The third-order valence-electron chi connectivity index (χ3n) is 3.95. The van der Waals surface area contributed by atoms with Crippen molar-refractivity contribution in [2.24, 2.45) is 0 Å². The molecule has 0 spiro atoms.